The number of hydrogen-bond acceptors (Lipinski definition) is 1. The highest BCUT2D eigenvalue weighted by atomic mass is 127. The maximum atomic E-state index is 2.38. The fourth-order valence-corrected chi connectivity index (χ4v) is 0. The van der Waals surface area contributed by atoms with E-state index in [9.17, 15) is 0 Å². The van der Waals surface area contributed by atoms with Crippen LogP contribution in [-0.4, -0.2) is 3.42 Å². The lowest BCUT2D eigenvalue weighted by molar-refractivity contribution is 0.847. The first kappa shape index (κ1) is 9.85. The van der Waals surface area contributed by atoms with Crippen molar-refractivity contribution in [1.82, 2.24) is 6.15 Å². The van der Waals surface area contributed by atoms with Crippen LogP contribution in [0.5, 0.6) is 0 Å². The molecule has 0 atom stereocenters. The van der Waals surface area contributed by atoms with E-state index in [-0.39, 0.29) is 6.15 Å². The summed E-state index contributed by atoms with van der Waals surface area (Å²) < 4.78 is 0.470. The largest absolute Gasteiger partial charge is 0.344 e. The predicted octanol–water partition coefficient (Wildman–Crippen LogP) is 2.38. The van der Waals surface area contributed by atoms with Crippen LogP contribution in [0.1, 0.15) is 20.8 Å². The van der Waals surface area contributed by atoms with Crippen LogP contribution in [0, 0.1) is 0 Å². The van der Waals surface area contributed by atoms with Crippen LogP contribution in [0.2, 0.25) is 0 Å². The molecule has 0 fully saturated rings. The molecule has 0 aliphatic rings. The summed E-state index contributed by atoms with van der Waals surface area (Å²) in [6.07, 6.45) is 0. The number of halogens is 1. The fraction of sp³-hybridized carbons (Fsp3) is 1.00. The SMILES string of the molecule is CC(C)(C)I.N. The molecule has 2 heteroatoms. The maximum Gasteiger partial charge on any atom is 0.0137 e. The van der Waals surface area contributed by atoms with E-state index in [0.717, 1.165) is 0 Å². The van der Waals surface area contributed by atoms with Crippen molar-refractivity contribution in [1.29, 1.82) is 0 Å². The van der Waals surface area contributed by atoms with E-state index in [1.54, 1.807) is 0 Å². The van der Waals surface area contributed by atoms with E-state index in [1.165, 1.54) is 0 Å². The van der Waals surface area contributed by atoms with Crippen LogP contribution < -0.4 is 6.15 Å². The van der Waals surface area contributed by atoms with Gasteiger partial charge in [0.05, 0.1) is 0 Å². The van der Waals surface area contributed by atoms with Crippen molar-refractivity contribution in [2.75, 3.05) is 0 Å². The van der Waals surface area contributed by atoms with Gasteiger partial charge in [0.1, 0.15) is 0 Å². The smallest absolute Gasteiger partial charge is 0.0137 e. The van der Waals surface area contributed by atoms with Crippen LogP contribution >= 0.6 is 22.6 Å². The first-order valence-electron chi connectivity index (χ1n) is 1.69. The molecule has 0 spiro atoms. The highest BCUT2D eigenvalue weighted by molar-refractivity contribution is 14.1. The van der Waals surface area contributed by atoms with E-state index in [2.05, 4.69) is 43.4 Å². The van der Waals surface area contributed by atoms with Crippen LogP contribution in [0.3, 0.4) is 0 Å². The molecule has 0 radical (unpaired) electrons. The minimum Gasteiger partial charge on any atom is -0.344 e. The Hall–Kier alpha value is 0.690. The monoisotopic (exact) mass is 201 g/mol. The zero-order valence-electron chi connectivity index (χ0n) is 4.59. The van der Waals surface area contributed by atoms with Gasteiger partial charge in [0.25, 0.3) is 0 Å². The molecule has 6 heavy (non-hydrogen) atoms. The molecule has 40 valence electrons. The first-order valence-corrected chi connectivity index (χ1v) is 2.77. The van der Waals surface area contributed by atoms with Gasteiger partial charge in [-0.2, -0.15) is 0 Å². The second-order valence-electron chi connectivity index (χ2n) is 2.07. The van der Waals surface area contributed by atoms with Gasteiger partial charge >= 0.3 is 0 Å². The quantitative estimate of drug-likeness (QED) is 0.473. The van der Waals surface area contributed by atoms with Crippen molar-refractivity contribution in [3.63, 3.8) is 0 Å². The summed E-state index contributed by atoms with van der Waals surface area (Å²) >= 11 is 2.38. The molecule has 0 unspecified atom stereocenters. The Kier molecular flexibility index (Phi) is 4.59. The van der Waals surface area contributed by atoms with Crippen molar-refractivity contribution in [3.05, 3.63) is 0 Å². The first-order chi connectivity index (χ1) is 2.00. The number of rotatable bonds is 0. The van der Waals surface area contributed by atoms with Gasteiger partial charge in [0.2, 0.25) is 0 Å². The Morgan fingerprint density at radius 3 is 1.17 bits per heavy atom. The van der Waals surface area contributed by atoms with Crippen molar-refractivity contribution < 1.29 is 0 Å². The third-order valence-electron chi connectivity index (χ3n) is 0. The molecule has 0 aromatic rings. The summed E-state index contributed by atoms with van der Waals surface area (Å²) in [5.74, 6) is 0. The summed E-state index contributed by atoms with van der Waals surface area (Å²) in [6.45, 7) is 6.52. The van der Waals surface area contributed by atoms with Gasteiger partial charge < -0.3 is 6.15 Å². The minimum absolute atomic E-state index is 0. The van der Waals surface area contributed by atoms with Gasteiger partial charge in [-0.3, -0.25) is 0 Å². The van der Waals surface area contributed by atoms with Gasteiger partial charge in [-0.05, 0) is 0 Å². The highest BCUT2D eigenvalue weighted by Gasteiger charge is 1.98. The third-order valence-corrected chi connectivity index (χ3v) is 0. The molecule has 0 saturated carbocycles. The number of hydrogen-bond donors (Lipinski definition) is 1. The Balaban J connectivity index is 0. The van der Waals surface area contributed by atoms with Crippen molar-refractivity contribution in [2.24, 2.45) is 0 Å². The van der Waals surface area contributed by atoms with Crippen molar-refractivity contribution in [3.8, 4) is 0 Å². The molecule has 0 bridgehead atoms. The van der Waals surface area contributed by atoms with Crippen LogP contribution in [-0.2, 0) is 0 Å². The van der Waals surface area contributed by atoms with Gasteiger partial charge in [-0.1, -0.05) is 43.4 Å². The molecule has 3 N–H and O–H groups in total. The Bertz CT molecular complexity index is 23.0. The molecular formula is C4H12IN. The Labute approximate surface area is 53.2 Å². The van der Waals surface area contributed by atoms with Gasteiger partial charge in [-0.15, -0.1) is 0 Å². The zero-order chi connectivity index (χ0) is 4.50. The fourth-order valence-electron chi connectivity index (χ4n) is 0. The van der Waals surface area contributed by atoms with Gasteiger partial charge in [0, 0.05) is 3.42 Å². The van der Waals surface area contributed by atoms with Crippen molar-refractivity contribution in [2.45, 2.75) is 24.2 Å². The van der Waals surface area contributed by atoms with Gasteiger partial charge in [0.15, 0.2) is 0 Å². The van der Waals surface area contributed by atoms with Crippen molar-refractivity contribution >= 4 is 22.6 Å². The summed E-state index contributed by atoms with van der Waals surface area (Å²) in [6, 6.07) is 0. The molecular weight excluding hydrogens is 189 g/mol. The van der Waals surface area contributed by atoms with E-state index >= 15 is 0 Å². The summed E-state index contributed by atoms with van der Waals surface area (Å²) in [4.78, 5) is 0. The second kappa shape index (κ2) is 2.80. The van der Waals surface area contributed by atoms with E-state index in [1.807, 2.05) is 0 Å². The zero-order valence-corrected chi connectivity index (χ0v) is 6.74. The molecule has 0 aromatic heterocycles. The average Bonchev–Trinajstić information content (AvgIpc) is 0.722. The summed E-state index contributed by atoms with van der Waals surface area (Å²) in [5, 5.41) is 0. The standard InChI is InChI=1S/C4H9I.H3N/c1-4(2,3)5;/h1-3H3;1H3. The van der Waals surface area contributed by atoms with Crippen LogP contribution in [0.4, 0.5) is 0 Å². The lowest BCUT2D eigenvalue weighted by atomic mass is 10.3. The van der Waals surface area contributed by atoms with E-state index in [4.69, 9.17) is 0 Å². The lowest BCUT2D eigenvalue weighted by Gasteiger charge is -2.02. The second-order valence-corrected chi connectivity index (χ2v) is 5.30. The summed E-state index contributed by atoms with van der Waals surface area (Å²) in [5.41, 5.74) is 0. The van der Waals surface area contributed by atoms with E-state index in [0.29, 0.717) is 3.42 Å². The van der Waals surface area contributed by atoms with Gasteiger partial charge in [-0.25, -0.2) is 0 Å². The topological polar surface area (TPSA) is 35.0 Å². The van der Waals surface area contributed by atoms with Crippen LogP contribution in [0.25, 0.3) is 0 Å². The lowest BCUT2D eigenvalue weighted by Crippen LogP contribution is -1.97. The molecule has 0 amide bonds. The molecule has 0 rings (SSSR count). The molecule has 0 aliphatic carbocycles. The predicted molar refractivity (Wildman–Crippen MR) is 38.8 cm³/mol. The molecule has 0 aromatic carbocycles. The molecule has 0 aliphatic heterocycles. The maximum absolute atomic E-state index is 2.38. The normalized spacial score (nSPS) is 10.0. The molecule has 0 heterocycles. The molecule has 0 saturated heterocycles. The number of alkyl halides is 1. The Morgan fingerprint density at radius 1 is 1.17 bits per heavy atom. The van der Waals surface area contributed by atoms with Crippen LogP contribution in [0.15, 0.2) is 0 Å². The average molecular weight is 201 g/mol. The Morgan fingerprint density at radius 2 is 1.17 bits per heavy atom. The van der Waals surface area contributed by atoms with E-state index < -0.39 is 0 Å². The third kappa shape index (κ3) is 134. The highest BCUT2D eigenvalue weighted by Crippen LogP contribution is 2.12. The molecule has 1 nitrogen and oxygen atoms in total. The summed E-state index contributed by atoms with van der Waals surface area (Å²) in [7, 11) is 0. The minimum atomic E-state index is 0.